The van der Waals surface area contributed by atoms with E-state index in [-0.39, 0.29) is 10.9 Å². The van der Waals surface area contributed by atoms with E-state index in [4.69, 9.17) is 22.1 Å². The highest BCUT2D eigenvalue weighted by Gasteiger charge is 2.16. The van der Waals surface area contributed by atoms with Crippen LogP contribution in [0.1, 0.15) is 18.9 Å². The fourth-order valence-corrected chi connectivity index (χ4v) is 1.47. The molecule has 1 aromatic carbocycles. The SMILES string of the molecule is CCC(C#N)C(=O)Nc1ccc(C#N)cc1Cl. The number of hydrogen-bond acceptors (Lipinski definition) is 3. The Kier molecular flexibility index (Phi) is 4.51. The number of anilines is 1. The highest BCUT2D eigenvalue weighted by atomic mass is 35.5. The predicted molar refractivity (Wildman–Crippen MR) is 64.2 cm³/mol. The van der Waals surface area contributed by atoms with Crippen molar-refractivity contribution >= 4 is 23.2 Å². The molecule has 0 radical (unpaired) electrons. The molecule has 1 amide bonds. The highest BCUT2D eigenvalue weighted by molar-refractivity contribution is 6.33. The van der Waals surface area contributed by atoms with Crippen molar-refractivity contribution in [1.29, 1.82) is 10.5 Å². The summed E-state index contributed by atoms with van der Waals surface area (Å²) in [7, 11) is 0. The molecule has 0 aliphatic carbocycles. The summed E-state index contributed by atoms with van der Waals surface area (Å²) in [5, 5.41) is 20.2. The number of amides is 1. The van der Waals surface area contributed by atoms with Crippen LogP contribution in [0.3, 0.4) is 0 Å². The smallest absolute Gasteiger partial charge is 0.241 e. The maximum absolute atomic E-state index is 11.6. The standard InChI is InChI=1S/C12H10ClN3O/c1-2-9(7-15)12(17)16-11-4-3-8(6-14)5-10(11)13/h3-5,9H,2H2,1H3,(H,16,17). The van der Waals surface area contributed by atoms with Gasteiger partial charge in [-0.05, 0) is 24.6 Å². The molecular weight excluding hydrogens is 238 g/mol. The van der Waals surface area contributed by atoms with Gasteiger partial charge in [0.2, 0.25) is 5.91 Å². The first-order valence-electron chi connectivity index (χ1n) is 5.02. The van der Waals surface area contributed by atoms with Crippen molar-refractivity contribution in [3.63, 3.8) is 0 Å². The monoisotopic (exact) mass is 247 g/mol. The van der Waals surface area contributed by atoms with Gasteiger partial charge in [-0.1, -0.05) is 18.5 Å². The molecule has 86 valence electrons. The minimum atomic E-state index is -0.693. The van der Waals surface area contributed by atoms with Gasteiger partial charge in [-0.2, -0.15) is 10.5 Å². The van der Waals surface area contributed by atoms with Gasteiger partial charge in [0.1, 0.15) is 5.92 Å². The van der Waals surface area contributed by atoms with E-state index in [1.54, 1.807) is 19.1 Å². The van der Waals surface area contributed by atoms with Gasteiger partial charge in [-0.25, -0.2) is 0 Å². The van der Waals surface area contributed by atoms with E-state index in [9.17, 15) is 4.79 Å². The van der Waals surface area contributed by atoms with E-state index in [0.29, 0.717) is 17.7 Å². The van der Waals surface area contributed by atoms with Crippen LogP contribution < -0.4 is 5.32 Å². The van der Waals surface area contributed by atoms with Gasteiger partial charge in [0.25, 0.3) is 0 Å². The van der Waals surface area contributed by atoms with Crippen molar-refractivity contribution in [2.75, 3.05) is 5.32 Å². The molecule has 0 aliphatic heterocycles. The van der Waals surface area contributed by atoms with Crippen molar-refractivity contribution in [1.82, 2.24) is 0 Å². The molecule has 0 heterocycles. The number of rotatable bonds is 3. The zero-order chi connectivity index (χ0) is 12.8. The number of carbonyl (C=O) groups excluding carboxylic acids is 1. The van der Waals surface area contributed by atoms with Crippen LogP contribution in [0.2, 0.25) is 5.02 Å². The molecule has 4 nitrogen and oxygen atoms in total. The first kappa shape index (κ1) is 13.0. The average molecular weight is 248 g/mol. The molecule has 0 aliphatic rings. The normalized spacial score (nSPS) is 11.1. The van der Waals surface area contributed by atoms with E-state index in [1.807, 2.05) is 12.1 Å². The second kappa shape index (κ2) is 5.89. The third-order valence-corrected chi connectivity index (χ3v) is 2.55. The molecule has 0 fully saturated rings. The maximum atomic E-state index is 11.6. The molecule has 0 spiro atoms. The molecule has 1 N–H and O–H groups in total. The first-order valence-corrected chi connectivity index (χ1v) is 5.40. The zero-order valence-corrected chi connectivity index (χ0v) is 9.95. The second-order valence-electron chi connectivity index (χ2n) is 3.39. The summed E-state index contributed by atoms with van der Waals surface area (Å²) in [6, 6.07) is 8.41. The molecule has 1 aromatic rings. The van der Waals surface area contributed by atoms with Crippen LogP contribution >= 0.6 is 11.6 Å². The van der Waals surface area contributed by atoms with Crippen molar-refractivity contribution in [3.05, 3.63) is 28.8 Å². The maximum Gasteiger partial charge on any atom is 0.241 e. The quantitative estimate of drug-likeness (QED) is 0.892. The lowest BCUT2D eigenvalue weighted by molar-refractivity contribution is -0.118. The molecule has 17 heavy (non-hydrogen) atoms. The van der Waals surface area contributed by atoms with Gasteiger partial charge >= 0.3 is 0 Å². The molecule has 1 unspecified atom stereocenters. The number of nitriles is 2. The van der Waals surface area contributed by atoms with Crippen LogP contribution in [0.4, 0.5) is 5.69 Å². The number of benzene rings is 1. The third-order valence-electron chi connectivity index (χ3n) is 2.24. The Hall–Kier alpha value is -2.04. The largest absolute Gasteiger partial charge is 0.324 e. The second-order valence-corrected chi connectivity index (χ2v) is 3.79. The molecule has 1 rings (SSSR count). The number of nitrogens with one attached hydrogen (secondary N) is 1. The third kappa shape index (κ3) is 3.21. The number of halogens is 1. The van der Waals surface area contributed by atoms with E-state index in [2.05, 4.69) is 5.32 Å². The zero-order valence-electron chi connectivity index (χ0n) is 9.20. The van der Waals surface area contributed by atoms with E-state index in [1.165, 1.54) is 6.07 Å². The number of carbonyl (C=O) groups is 1. The summed E-state index contributed by atoms with van der Waals surface area (Å²) >= 11 is 5.89. The van der Waals surface area contributed by atoms with Crippen molar-refractivity contribution in [2.45, 2.75) is 13.3 Å². The summed E-state index contributed by atoms with van der Waals surface area (Å²) in [6.07, 6.45) is 0.441. The summed E-state index contributed by atoms with van der Waals surface area (Å²) in [5.41, 5.74) is 0.824. The summed E-state index contributed by atoms with van der Waals surface area (Å²) in [5.74, 6) is -1.08. The molecule has 5 heteroatoms. The Labute approximate surface area is 104 Å². The van der Waals surface area contributed by atoms with Crippen LogP contribution in [-0.4, -0.2) is 5.91 Å². The van der Waals surface area contributed by atoms with Crippen molar-refractivity contribution in [2.24, 2.45) is 5.92 Å². The predicted octanol–water partition coefficient (Wildman–Crippen LogP) is 2.70. The molecule has 0 saturated carbocycles. The molecule has 1 atom stereocenters. The van der Waals surface area contributed by atoms with Gasteiger partial charge < -0.3 is 5.32 Å². The topological polar surface area (TPSA) is 76.7 Å². The van der Waals surface area contributed by atoms with E-state index >= 15 is 0 Å². The molecule has 0 saturated heterocycles. The van der Waals surface area contributed by atoms with Crippen LogP contribution in [-0.2, 0) is 4.79 Å². The minimum Gasteiger partial charge on any atom is -0.324 e. The Bertz CT molecular complexity index is 513. The lowest BCUT2D eigenvalue weighted by atomic mass is 10.1. The Morgan fingerprint density at radius 2 is 2.24 bits per heavy atom. The minimum absolute atomic E-state index is 0.283. The van der Waals surface area contributed by atoms with Gasteiger partial charge in [0, 0.05) is 0 Å². The molecule has 0 aromatic heterocycles. The lowest BCUT2D eigenvalue weighted by Crippen LogP contribution is -2.21. The Morgan fingerprint density at radius 3 is 2.71 bits per heavy atom. The van der Waals surface area contributed by atoms with Gasteiger partial charge in [-0.3, -0.25) is 4.79 Å². The van der Waals surface area contributed by atoms with Gasteiger partial charge in [-0.15, -0.1) is 0 Å². The lowest BCUT2D eigenvalue weighted by Gasteiger charge is -2.09. The van der Waals surface area contributed by atoms with Gasteiger partial charge in [0.15, 0.2) is 0 Å². The fraction of sp³-hybridized carbons (Fsp3) is 0.250. The van der Waals surface area contributed by atoms with Crippen molar-refractivity contribution < 1.29 is 4.79 Å². The van der Waals surface area contributed by atoms with E-state index < -0.39 is 5.92 Å². The summed E-state index contributed by atoms with van der Waals surface area (Å²) in [4.78, 5) is 11.6. The van der Waals surface area contributed by atoms with E-state index in [0.717, 1.165) is 0 Å². The number of hydrogen-bond donors (Lipinski definition) is 1. The fourth-order valence-electron chi connectivity index (χ4n) is 1.24. The molecular formula is C12H10ClN3O. The summed E-state index contributed by atoms with van der Waals surface area (Å²) < 4.78 is 0. The summed E-state index contributed by atoms with van der Waals surface area (Å²) in [6.45, 7) is 1.76. The van der Waals surface area contributed by atoms with Crippen LogP contribution in [0.15, 0.2) is 18.2 Å². The number of nitrogens with zero attached hydrogens (tertiary/aromatic N) is 2. The van der Waals surface area contributed by atoms with Crippen LogP contribution in [0.25, 0.3) is 0 Å². The average Bonchev–Trinajstić information content (AvgIpc) is 2.33. The highest BCUT2D eigenvalue weighted by Crippen LogP contribution is 2.23. The first-order chi connectivity index (χ1) is 8.12. The Morgan fingerprint density at radius 1 is 1.53 bits per heavy atom. The van der Waals surface area contributed by atoms with Gasteiger partial charge in [0.05, 0.1) is 28.4 Å². The van der Waals surface area contributed by atoms with Crippen LogP contribution in [0, 0.1) is 28.6 Å². The molecule has 0 bridgehead atoms. The Balaban J connectivity index is 2.87. The van der Waals surface area contributed by atoms with Crippen LogP contribution in [0.5, 0.6) is 0 Å². The van der Waals surface area contributed by atoms with Crippen molar-refractivity contribution in [3.8, 4) is 12.1 Å².